The highest BCUT2D eigenvalue weighted by atomic mass is 16.5. The van der Waals surface area contributed by atoms with Gasteiger partial charge in [-0.3, -0.25) is 0 Å². The Morgan fingerprint density at radius 1 is 1.42 bits per heavy atom. The van der Waals surface area contributed by atoms with Crippen molar-refractivity contribution in [2.45, 2.75) is 63.6 Å². The van der Waals surface area contributed by atoms with E-state index in [9.17, 15) is 5.11 Å². The highest BCUT2D eigenvalue weighted by Gasteiger charge is 2.36. The quantitative estimate of drug-likeness (QED) is 0.850. The fourth-order valence-electron chi connectivity index (χ4n) is 3.02. The standard InChI is InChI=1S/C16H24O3/c1-11-10-13(11)15-7-8-16(19-15)14(17)6-2-4-12-5-3-9-18-12/h7-8,11-14,17H,2-6,9-10H2,1H3. The first kappa shape index (κ1) is 13.2. The molecule has 0 spiro atoms. The average molecular weight is 264 g/mol. The van der Waals surface area contributed by atoms with Gasteiger partial charge in [-0.15, -0.1) is 0 Å². The third-order valence-electron chi connectivity index (χ3n) is 4.48. The van der Waals surface area contributed by atoms with Gasteiger partial charge in [0.25, 0.3) is 0 Å². The summed E-state index contributed by atoms with van der Waals surface area (Å²) in [6.45, 7) is 3.15. The van der Waals surface area contributed by atoms with Gasteiger partial charge in [0.15, 0.2) is 0 Å². The van der Waals surface area contributed by atoms with E-state index in [1.54, 1.807) is 0 Å². The summed E-state index contributed by atoms with van der Waals surface area (Å²) < 4.78 is 11.4. The number of aliphatic hydroxyl groups is 1. The summed E-state index contributed by atoms with van der Waals surface area (Å²) in [6, 6.07) is 3.98. The molecule has 2 aliphatic rings. The topological polar surface area (TPSA) is 42.6 Å². The van der Waals surface area contributed by atoms with Crippen molar-refractivity contribution in [3.05, 3.63) is 23.7 Å². The van der Waals surface area contributed by atoms with Crippen molar-refractivity contribution < 1.29 is 14.3 Å². The molecule has 2 fully saturated rings. The van der Waals surface area contributed by atoms with Gasteiger partial charge in [0.05, 0.1) is 6.10 Å². The molecule has 106 valence electrons. The molecule has 3 rings (SSSR count). The fourth-order valence-corrected chi connectivity index (χ4v) is 3.02. The van der Waals surface area contributed by atoms with Crippen LogP contribution in [0.3, 0.4) is 0 Å². The summed E-state index contributed by atoms with van der Waals surface area (Å²) in [5.41, 5.74) is 0. The predicted octanol–water partition coefficient (Wildman–Crippen LogP) is 3.79. The maximum Gasteiger partial charge on any atom is 0.132 e. The summed E-state index contributed by atoms with van der Waals surface area (Å²) in [5.74, 6) is 3.13. The normalized spacial score (nSPS) is 31.6. The minimum Gasteiger partial charge on any atom is -0.463 e. The molecule has 1 saturated carbocycles. The largest absolute Gasteiger partial charge is 0.463 e. The maximum atomic E-state index is 10.1. The lowest BCUT2D eigenvalue weighted by atomic mass is 10.1. The predicted molar refractivity (Wildman–Crippen MR) is 73.0 cm³/mol. The van der Waals surface area contributed by atoms with Gasteiger partial charge >= 0.3 is 0 Å². The van der Waals surface area contributed by atoms with E-state index >= 15 is 0 Å². The molecule has 1 aromatic rings. The van der Waals surface area contributed by atoms with E-state index in [2.05, 4.69) is 6.92 Å². The zero-order valence-corrected chi connectivity index (χ0v) is 11.7. The van der Waals surface area contributed by atoms with Gasteiger partial charge in [-0.05, 0) is 56.6 Å². The number of furan rings is 1. The van der Waals surface area contributed by atoms with Crippen LogP contribution in [0.4, 0.5) is 0 Å². The molecule has 1 aliphatic heterocycles. The van der Waals surface area contributed by atoms with Gasteiger partial charge in [-0.1, -0.05) is 6.92 Å². The zero-order valence-electron chi connectivity index (χ0n) is 11.7. The molecule has 1 N–H and O–H groups in total. The van der Waals surface area contributed by atoms with E-state index in [-0.39, 0.29) is 0 Å². The van der Waals surface area contributed by atoms with E-state index in [1.165, 1.54) is 19.3 Å². The molecular formula is C16H24O3. The Kier molecular flexibility index (Phi) is 3.94. The number of rotatable bonds is 6. The van der Waals surface area contributed by atoms with Gasteiger partial charge < -0.3 is 14.3 Å². The lowest BCUT2D eigenvalue weighted by molar-refractivity contribution is 0.0905. The zero-order chi connectivity index (χ0) is 13.2. The Bertz CT molecular complexity index is 406. The molecular weight excluding hydrogens is 240 g/mol. The number of aliphatic hydroxyl groups excluding tert-OH is 1. The Balaban J connectivity index is 1.44. The van der Waals surface area contributed by atoms with Crippen molar-refractivity contribution in [1.82, 2.24) is 0 Å². The van der Waals surface area contributed by atoms with Gasteiger partial charge in [0, 0.05) is 12.5 Å². The third-order valence-corrected chi connectivity index (χ3v) is 4.48. The van der Waals surface area contributed by atoms with Crippen molar-refractivity contribution >= 4 is 0 Å². The molecule has 3 nitrogen and oxygen atoms in total. The molecule has 0 bridgehead atoms. The second kappa shape index (κ2) is 5.68. The van der Waals surface area contributed by atoms with Gasteiger partial charge in [0.2, 0.25) is 0 Å². The maximum absolute atomic E-state index is 10.1. The molecule has 3 heteroatoms. The average Bonchev–Trinajstić information content (AvgIpc) is 2.89. The van der Waals surface area contributed by atoms with Crippen LogP contribution in [0.5, 0.6) is 0 Å². The van der Waals surface area contributed by atoms with Crippen LogP contribution in [0.1, 0.15) is 69.0 Å². The Morgan fingerprint density at radius 2 is 2.26 bits per heavy atom. The van der Waals surface area contributed by atoms with Crippen LogP contribution < -0.4 is 0 Å². The van der Waals surface area contributed by atoms with E-state index in [0.717, 1.165) is 43.3 Å². The summed E-state index contributed by atoms with van der Waals surface area (Å²) in [6.07, 6.45) is 6.39. The second-order valence-corrected chi connectivity index (χ2v) is 6.14. The molecule has 0 aromatic carbocycles. The van der Waals surface area contributed by atoms with E-state index in [1.807, 2.05) is 12.1 Å². The molecule has 4 atom stereocenters. The number of hydrogen-bond donors (Lipinski definition) is 1. The molecule has 2 heterocycles. The van der Waals surface area contributed by atoms with E-state index in [4.69, 9.17) is 9.15 Å². The molecule has 0 amide bonds. The van der Waals surface area contributed by atoms with Crippen LogP contribution in [0.25, 0.3) is 0 Å². The van der Waals surface area contributed by atoms with Gasteiger partial charge in [-0.25, -0.2) is 0 Å². The van der Waals surface area contributed by atoms with Crippen molar-refractivity contribution in [3.63, 3.8) is 0 Å². The minimum absolute atomic E-state index is 0.423. The van der Waals surface area contributed by atoms with Crippen molar-refractivity contribution in [2.24, 2.45) is 5.92 Å². The van der Waals surface area contributed by atoms with Gasteiger partial charge in [0.1, 0.15) is 17.6 Å². The molecule has 4 unspecified atom stereocenters. The minimum atomic E-state index is -0.454. The lowest BCUT2D eigenvalue weighted by Gasteiger charge is -2.11. The Hall–Kier alpha value is -0.800. The number of ether oxygens (including phenoxy) is 1. The molecule has 1 aromatic heterocycles. The van der Waals surface area contributed by atoms with Crippen LogP contribution in [-0.2, 0) is 4.74 Å². The first-order valence-corrected chi connectivity index (χ1v) is 7.63. The molecule has 1 saturated heterocycles. The Morgan fingerprint density at radius 3 is 2.95 bits per heavy atom. The molecule has 19 heavy (non-hydrogen) atoms. The van der Waals surface area contributed by atoms with Crippen molar-refractivity contribution in [1.29, 1.82) is 0 Å². The SMILES string of the molecule is CC1CC1c1ccc(C(O)CCCC2CCCO2)o1. The van der Waals surface area contributed by atoms with Crippen molar-refractivity contribution in [2.75, 3.05) is 6.61 Å². The summed E-state index contributed by atoms with van der Waals surface area (Å²) in [7, 11) is 0. The van der Waals surface area contributed by atoms with Crippen LogP contribution >= 0.6 is 0 Å². The van der Waals surface area contributed by atoms with Crippen LogP contribution in [0.15, 0.2) is 16.5 Å². The summed E-state index contributed by atoms with van der Waals surface area (Å²) in [5, 5.41) is 10.1. The van der Waals surface area contributed by atoms with E-state index < -0.39 is 6.10 Å². The molecule has 1 aliphatic carbocycles. The fraction of sp³-hybridized carbons (Fsp3) is 0.750. The second-order valence-electron chi connectivity index (χ2n) is 6.14. The first-order valence-electron chi connectivity index (χ1n) is 7.63. The monoisotopic (exact) mass is 264 g/mol. The third kappa shape index (κ3) is 3.21. The molecule has 0 radical (unpaired) electrons. The number of hydrogen-bond acceptors (Lipinski definition) is 3. The van der Waals surface area contributed by atoms with Gasteiger partial charge in [-0.2, -0.15) is 0 Å². The van der Waals surface area contributed by atoms with E-state index in [0.29, 0.717) is 12.0 Å². The smallest absolute Gasteiger partial charge is 0.132 e. The van der Waals surface area contributed by atoms with Crippen LogP contribution in [0.2, 0.25) is 0 Å². The first-order chi connectivity index (χ1) is 9.24. The van der Waals surface area contributed by atoms with Crippen LogP contribution in [-0.4, -0.2) is 17.8 Å². The Labute approximate surface area is 115 Å². The summed E-state index contributed by atoms with van der Waals surface area (Å²) >= 11 is 0. The van der Waals surface area contributed by atoms with Crippen molar-refractivity contribution in [3.8, 4) is 0 Å². The summed E-state index contributed by atoms with van der Waals surface area (Å²) in [4.78, 5) is 0. The highest BCUT2D eigenvalue weighted by molar-refractivity contribution is 5.18. The van der Waals surface area contributed by atoms with Crippen LogP contribution in [0, 0.1) is 5.92 Å². The lowest BCUT2D eigenvalue weighted by Crippen LogP contribution is -2.05. The highest BCUT2D eigenvalue weighted by Crippen LogP contribution is 2.47.